The average molecular weight is 576 g/mol. The second kappa shape index (κ2) is 10.2. The number of H-pyrrole nitrogens is 2. The minimum absolute atomic E-state index is 0.0229. The summed E-state index contributed by atoms with van der Waals surface area (Å²) >= 11 is 0. The van der Waals surface area contributed by atoms with E-state index in [4.69, 9.17) is 0 Å². The third kappa shape index (κ3) is 5.49. The maximum atomic E-state index is 13.2. The molecule has 0 aliphatic carbocycles. The van der Waals surface area contributed by atoms with E-state index in [0.717, 1.165) is 0 Å². The van der Waals surface area contributed by atoms with Gasteiger partial charge in [-0.1, -0.05) is 18.2 Å². The Morgan fingerprint density at radius 3 is 2.38 bits per heavy atom. The van der Waals surface area contributed by atoms with Crippen LogP contribution in [0.1, 0.15) is 40.0 Å². The molecule has 0 bridgehead atoms. The van der Waals surface area contributed by atoms with Crippen LogP contribution in [0.4, 0.5) is 13.2 Å². The van der Waals surface area contributed by atoms with Crippen molar-refractivity contribution in [3.63, 3.8) is 0 Å². The zero-order chi connectivity index (χ0) is 28.7. The fourth-order valence-electron chi connectivity index (χ4n) is 4.87. The van der Waals surface area contributed by atoms with E-state index in [1.807, 2.05) is 10.2 Å². The van der Waals surface area contributed by atoms with E-state index in [1.165, 1.54) is 35.5 Å². The standard InChI is InChI=1S/C26H24F3N5O5S/c27-26(28,29)22-18(23(35)33-32-22)14-25(37)8-12-34(13-9-25)24(36)17-6-4-16(5-7-17)15-40(38,39)20-3-1-2-19-21(20)31-11-10-30-19/h1-7,10-11,37H,8-9,12-15H2,(H2,32,33,35). The van der Waals surface area contributed by atoms with Gasteiger partial charge in [-0.15, -0.1) is 0 Å². The maximum Gasteiger partial charge on any atom is 0.433 e. The lowest BCUT2D eigenvalue weighted by molar-refractivity contribution is -0.142. The SMILES string of the molecule is O=C(c1ccc(CS(=O)(=O)c2cccc3nccnc23)cc1)N1CCC(O)(Cc2c(C(F)(F)F)[nH][nH]c2=O)CC1. The van der Waals surface area contributed by atoms with Gasteiger partial charge in [0.1, 0.15) is 11.2 Å². The van der Waals surface area contributed by atoms with Gasteiger partial charge in [-0.05, 0) is 42.7 Å². The molecule has 1 aliphatic heterocycles. The summed E-state index contributed by atoms with van der Waals surface area (Å²) in [6.45, 7) is 0.133. The van der Waals surface area contributed by atoms with Gasteiger partial charge in [0.2, 0.25) is 0 Å². The highest BCUT2D eigenvalue weighted by molar-refractivity contribution is 7.90. The number of rotatable bonds is 6. The fraction of sp³-hybridized carbons (Fsp3) is 0.308. The zero-order valence-corrected chi connectivity index (χ0v) is 21.7. The minimum Gasteiger partial charge on any atom is -0.389 e. The first-order valence-corrected chi connectivity index (χ1v) is 13.9. The van der Waals surface area contributed by atoms with Crippen LogP contribution >= 0.6 is 0 Å². The Labute approximate surface area is 225 Å². The summed E-state index contributed by atoms with van der Waals surface area (Å²) in [4.78, 5) is 34.7. The molecular weight excluding hydrogens is 551 g/mol. The van der Waals surface area contributed by atoms with Crippen LogP contribution < -0.4 is 5.56 Å². The number of sulfone groups is 1. The number of alkyl halides is 3. The minimum atomic E-state index is -4.78. The van der Waals surface area contributed by atoms with Crippen LogP contribution in [0.5, 0.6) is 0 Å². The highest BCUT2D eigenvalue weighted by Gasteiger charge is 2.41. The van der Waals surface area contributed by atoms with E-state index in [-0.39, 0.29) is 48.0 Å². The molecule has 2 aromatic carbocycles. The molecule has 3 N–H and O–H groups in total. The lowest BCUT2D eigenvalue weighted by Crippen LogP contribution is -2.48. The number of para-hydroxylation sites is 1. The molecule has 4 aromatic rings. The van der Waals surface area contributed by atoms with Gasteiger partial charge in [0.15, 0.2) is 9.84 Å². The van der Waals surface area contributed by atoms with E-state index < -0.39 is 44.9 Å². The summed E-state index contributed by atoms with van der Waals surface area (Å²) in [5.74, 6) is -0.678. The molecule has 0 atom stereocenters. The van der Waals surface area contributed by atoms with E-state index in [2.05, 4.69) is 9.97 Å². The Morgan fingerprint density at radius 1 is 1.02 bits per heavy atom. The molecule has 0 unspecified atom stereocenters. The molecule has 1 aliphatic rings. The summed E-state index contributed by atoms with van der Waals surface area (Å²) in [7, 11) is -3.77. The number of aromatic amines is 2. The number of hydrogen-bond donors (Lipinski definition) is 3. The molecule has 0 spiro atoms. The van der Waals surface area contributed by atoms with Gasteiger partial charge in [0, 0.05) is 37.5 Å². The maximum absolute atomic E-state index is 13.2. The molecule has 1 fully saturated rings. The molecule has 1 amide bonds. The molecule has 10 nitrogen and oxygen atoms in total. The van der Waals surface area contributed by atoms with Crippen molar-refractivity contribution in [3.8, 4) is 0 Å². The molecule has 1 saturated heterocycles. The number of likely N-dealkylation sites (tertiary alicyclic amines) is 1. The number of hydrogen-bond acceptors (Lipinski definition) is 7. The molecule has 210 valence electrons. The van der Waals surface area contributed by atoms with Crippen LogP contribution in [-0.2, 0) is 28.2 Å². The Hall–Kier alpha value is -4.04. The van der Waals surface area contributed by atoms with Crippen LogP contribution in [0, 0.1) is 0 Å². The van der Waals surface area contributed by atoms with Gasteiger partial charge in [-0.25, -0.2) is 8.42 Å². The monoisotopic (exact) mass is 575 g/mol. The largest absolute Gasteiger partial charge is 0.433 e. The van der Waals surface area contributed by atoms with Crippen LogP contribution in [-0.4, -0.2) is 63.2 Å². The molecule has 5 rings (SSSR count). The number of nitrogens with zero attached hydrogens (tertiary/aromatic N) is 3. The van der Waals surface area contributed by atoms with E-state index >= 15 is 0 Å². The van der Waals surface area contributed by atoms with Crippen molar-refractivity contribution >= 4 is 26.8 Å². The summed E-state index contributed by atoms with van der Waals surface area (Å²) in [5.41, 5.74) is -2.84. The number of carbonyl (C=O) groups is 1. The normalized spacial score (nSPS) is 15.8. The fourth-order valence-corrected chi connectivity index (χ4v) is 6.39. The molecule has 40 heavy (non-hydrogen) atoms. The van der Waals surface area contributed by atoms with Crippen LogP contribution in [0.25, 0.3) is 11.0 Å². The van der Waals surface area contributed by atoms with Crippen molar-refractivity contribution in [2.45, 2.75) is 41.7 Å². The topological polar surface area (TPSA) is 149 Å². The van der Waals surface area contributed by atoms with E-state index in [0.29, 0.717) is 16.6 Å². The van der Waals surface area contributed by atoms with Crippen molar-refractivity contribution in [1.29, 1.82) is 0 Å². The van der Waals surface area contributed by atoms with Crippen molar-refractivity contribution in [1.82, 2.24) is 25.1 Å². The average Bonchev–Trinajstić information content (AvgIpc) is 3.28. The van der Waals surface area contributed by atoms with Gasteiger partial charge in [-0.2, -0.15) is 13.2 Å². The Morgan fingerprint density at radius 2 is 1.70 bits per heavy atom. The number of halogens is 3. The number of piperidine rings is 1. The predicted octanol–water partition coefficient (Wildman–Crippen LogP) is 2.85. The van der Waals surface area contributed by atoms with Crippen molar-refractivity contribution in [3.05, 3.63) is 87.6 Å². The summed E-state index contributed by atoms with van der Waals surface area (Å²) < 4.78 is 65.8. The van der Waals surface area contributed by atoms with Gasteiger partial charge in [0.25, 0.3) is 11.5 Å². The first-order valence-electron chi connectivity index (χ1n) is 12.3. The Bertz CT molecular complexity index is 1720. The molecule has 0 radical (unpaired) electrons. The van der Waals surface area contributed by atoms with Crippen molar-refractivity contribution < 1.29 is 31.5 Å². The number of nitrogens with one attached hydrogen (secondary N) is 2. The number of carbonyl (C=O) groups excluding carboxylic acids is 1. The Kier molecular flexibility index (Phi) is 7.00. The second-order valence-corrected chi connectivity index (χ2v) is 11.7. The third-order valence-corrected chi connectivity index (χ3v) is 8.71. The van der Waals surface area contributed by atoms with E-state index in [9.17, 15) is 36.3 Å². The lowest BCUT2D eigenvalue weighted by Gasteiger charge is -2.38. The number of aromatic nitrogens is 4. The molecule has 14 heteroatoms. The third-order valence-electron chi connectivity index (χ3n) is 7.00. The molecule has 3 heterocycles. The zero-order valence-electron chi connectivity index (χ0n) is 20.9. The quantitative estimate of drug-likeness (QED) is 0.320. The van der Waals surface area contributed by atoms with Crippen LogP contribution in [0.2, 0.25) is 0 Å². The summed E-state index contributed by atoms with van der Waals surface area (Å²) in [6.07, 6.45) is -2.44. The molecule has 2 aromatic heterocycles. The van der Waals surface area contributed by atoms with Gasteiger partial charge < -0.3 is 10.0 Å². The number of fused-ring (bicyclic) bond motifs is 1. The smallest absolute Gasteiger partial charge is 0.389 e. The highest BCUT2D eigenvalue weighted by Crippen LogP contribution is 2.33. The first-order chi connectivity index (χ1) is 18.9. The van der Waals surface area contributed by atoms with E-state index in [1.54, 1.807) is 24.3 Å². The number of aliphatic hydroxyl groups is 1. The molecule has 0 saturated carbocycles. The second-order valence-electron chi connectivity index (χ2n) is 9.76. The van der Waals surface area contributed by atoms with Crippen LogP contribution in [0.15, 0.2) is 64.5 Å². The summed E-state index contributed by atoms with van der Waals surface area (Å²) in [6, 6.07) is 10.8. The van der Waals surface area contributed by atoms with Crippen LogP contribution in [0.3, 0.4) is 0 Å². The van der Waals surface area contributed by atoms with Gasteiger partial charge in [0.05, 0.1) is 27.3 Å². The summed E-state index contributed by atoms with van der Waals surface area (Å²) in [5, 5.41) is 14.6. The Balaban J connectivity index is 1.24. The first kappa shape index (κ1) is 27.5. The number of amides is 1. The highest BCUT2D eigenvalue weighted by atomic mass is 32.2. The van der Waals surface area contributed by atoms with Gasteiger partial charge in [-0.3, -0.25) is 29.8 Å². The van der Waals surface area contributed by atoms with Crippen molar-refractivity contribution in [2.24, 2.45) is 0 Å². The predicted molar refractivity (Wildman–Crippen MR) is 137 cm³/mol. The number of benzene rings is 2. The van der Waals surface area contributed by atoms with Gasteiger partial charge >= 0.3 is 6.18 Å². The van der Waals surface area contributed by atoms with Crippen molar-refractivity contribution in [2.75, 3.05) is 13.1 Å². The molecular formula is C26H24F3N5O5S. The lowest BCUT2D eigenvalue weighted by atomic mass is 9.85.